The Balaban J connectivity index is 2.02. The maximum atomic E-state index is 13.9. The van der Waals surface area contributed by atoms with Crippen molar-refractivity contribution < 1.29 is 43.9 Å². The van der Waals surface area contributed by atoms with E-state index in [1.54, 1.807) is 24.3 Å². The van der Waals surface area contributed by atoms with Gasteiger partial charge in [0.05, 0.1) is 21.3 Å². The van der Waals surface area contributed by atoms with Crippen LogP contribution in [-0.2, 0) is 14.4 Å². The molecule has 12 heteroatoms. The number of hydrogen-bond donors (Lipinski definition) is 5. The van der Waals surface area contributed by atoms with Gasteiger partial charge in [-0.25, -0.2) is 0 Å². The van der Waals surface area contributed by atoms with Crippen molar-refractivity contribution >= 4 is 35.8 Å². The minimum Gasteiger partial charge on any atom is -0.504 e. The zero-order valence-corrected chi connectivity index (χ0v) is 27.8. The minimum absolute atomic E-state index is 0.0667. The number of phenols is 3. The van der Waals surface area contributed by atoms with E-state index >= 15 is 0 Å². The number of hydrogen-bond acceptors (Lipinski definition) is 11. The molecular formula is C37H43N3O9. The summed E-state index contributed by atoms with van der Waals surface area (Å²) in [5, 5.41) is 33.1. The second-order valence-corrected chi connectivity index (χ2v) is 10.8. The Bertz CT molecular complexity index is 1610. The number of imide groups is 1. The summed E-state index contributed by atoms with van der Waals surface area (Å²) in [4.78, 5) is 42.4. The Morgan fingerprint density at radius 1 is 0.694 bits per heavy atom. The van der Waals surface area contributed by atoms with E-state index in [0.717, 1.165) is 17.7 Å². The number of aromatic hydroxyl groups is 3. The number of amides is 2. The highest BCUT2D eigenvalue weighted by atomic mass is 16.5. The molecule has 49 heavy (non-hydrogen) atoms. The van der Waals surface area contributed by atoms with Gasteiger partial charge < -0.3 is 40.6 Å². The molecule has 0 fully saturated rings. The largest absolute Gasteiger partial charge is 0.504 e. The second kappa shape index (κ2) is 19.3. The number of phenolic OH excluding ortho intramolecular Hbond substituents is 3. The average Bonchev–Trinajstić information content (AvgIpc) is 3.11. The van der Waals surface area contributed by atoms with Crippen molar-refractivity contribution in [3.8, 4) is 34.5 Å². The van der Waals surface area contributed by atoms with Crippen LogP contribution in [0.1, 0.15) is 36.0 Å². The van der Waals surface area contributed by atoms with Crippen LogP contribution in [0.4, 0.5) is 0 Å². The van der Waals surface area contributed by atoms with Gasteiger partial charge in [-0.05, 0) is 110 Å². The van der Waals surface area contributed by atoms with E-state index in [1.807, 2.05) is 0 Å². The summed E-state index contributed by atoms with van der Waals surface area (Å²) in [6.07, 6.45) is 9.76. The molecule has 0 radical (unpaired) electrons. The summed E-state index contributed by atoms with van der Waals surface area (Å²) >= 11 is 0. The predicted octanol–water partition coefficient (Wildman–Crippen LogP) is 4.28. The van der Waals surface area contributed by atoms with Crippen molar-refractivity contribution in [2.45, 2.75) is 25.3 Å². The van der Waals surface area contributed by atoms with E-state index in [-0.39, 0.29) is 40.9 Å². The van der Waals surface area contributed by atoms with Crippen LogP contribution in [0.2, 0.25) is 0 Å². The Kier molecular flexibility index (Phi) is 14.9. The molecule has 0 saturated carbocycles. The first-order valence-electron chi connectivity index (χ1n) is 15.6. The predicted molar refractivity (Wildman–Crippen MR) is 188 cm³/mol. The van der Waals surface area contributed by atoms with E-state index < -0.39 is 23.6 Å². The number of nitrogens with two attached hydrogens (primary N) is 1. The third kappa shape index (κ3) is 11.3. The molecule has 0 aliphatic rings. The number of nitrogens with zero attached hydrogens (tertiary/aromatic N) is 1. The summed E-state index contributed by atoms with van der Waals surface area (Å²) in [7, 11) is 4.20. The van der Waals surface area contributed by atoms with Gasteiger partial charge in [-0.1, -0.05) is 24.3 Å². The fourth-order valence-corrected chi connectivity index (χ4v) is 4.75. The van der Waals surface area contributed by atoms with Crippen molar-refractivity contribution in [1.82, 2.24) is 10.2 Å². The molecule has 0 saturated heterocycles. The summed E-state index contributed by atoms with van der Waals surface area (Å²) in [6, 6.07) is 12.3. The van der Waals surface area contributed by atoms with Gasteiger partial charge in [0.1, 0.15) is 6.04 Å². The maximum Gasteiger partial charge on any atom is 0.254 e. The average molecular weight is 674 g/mol. The molecule has 6 N–H and O–H groups in total. The van der Waals surface area contributed by atoms with Crippen LogP contribution in [0, 0.1) is 0 Å². The third-order valence-corrected chi connectivity index (χ3v) is 7.41. The van der Waals surface area contributed by atoms with Crippen LogP contribution >= 0.6 is 0 Å². The highest BCUT2D eigenvalue weighted by Crippen LogP contribution is 2.29. The van der Waals surface area contributed by atoms with E-state index in [2.05, 4.69) is 5.32 Å². The maximum absolute atomic E-state index is 13.9. The number of ketones is 1. The van der Waals surface area contributed by atoms with Gasteiger partial charge in [-0.15, -0.1) is 0 Å². The van der Waals surface area contributed by atoms with Crippen LogP contribution in [-0.4, -0.2) is 84.8 Å². The zero-order valence-electron chi connectivity index (χ0n) is 27.8. The zero-order chi connectivity index (χ0) is 35.8. The lowest BCUT2D eigenvalue weighted by Crippen LogP contribution is -2.48. The molecule has 3 aromatic carbocycles. The van der Waals surface area contributed by atoms with Crippen molar-refractivity contribution in [1.29, 1.82) is 0 Å². The number of benzene rings is 3. The summed E-state index contributed by atoms with van der Waals surface area (Å²) in [5.41, 5.74) is 7.16. The third-order valence-electron chi connectivity index (χ3n) is 7.41. The number of carbonyl (C=O) groups is 3. The Morgan fingerprint density at radius 3 is 1.53 bits per heavy atom. The fraction of sp³-hybridized carbons (Fsp3) is 0.270. The first kappa shape index (κ1) is 37.9. The molecule has 0 aliphatic heterocycles. The van der Waals surface area contributed by atoms with Crippen molar-refractivity contribution in [3.05, 3.63) is 89.5 Å². The van der Waals surface area contributed by atoms with E-state index in [9.17, 15) is 29.7 Å². The molecule has 1 unspecified atom stereocenters. The molecule has 0 spiro atoms. The topological polar surface area (TPSA) is 181 Å². The number of rotatable bonds is 18. The van der Waals surface area contributed by atoms with Gasteiger partial charge in [0.2, 0.25) is 0 Å². The fourth-order valence-electron chi connectivity index (χ4n) is 4.75. The molecule has 2 amide bonds. The molecule has 0 bridgehead atoms. The minimum atomic E-state index is -1.21. The molecule has 260 valence electrons. The highest BCUT2D eigenvalue weighted by molar-refractivity contribution is 6.12. The van der Waals surface area contributed by atoms with Gasteiger partial charge in [0.15, 0.2) is 40.3 Å². The molecule has 12 nitrogen and oxygen atoms in total. The SMILES string of the molecule is COc1cc(C=CC(=O)C(CCNCCCCN)N(C(=O)C=Cc2ccc(O)c(OC)c2)C(=O)C=Cc2ccc(O)c(OC)c2)ccc1O. The van der Waals surface area contributed by atoms with E-state index in [0.29, 0.717) is 36.3 Å². The number of nitrogens with one attached hydrogen (secondary N) is 1. The molecule has 0 aromatic heterocycles. The normalized spacial score (nSPS) is 12.0. The Labute approximate surface area is 285 Å². The van der Waals surface area contributed by atoms with E-state index in [1.165, 1.54) is 88.1 Å². The Hall–Kier alpha value is -5.59. The lowest BCUT2D eigenvalue weighted by Gasteiger charge is -2.27. The monoisotopic (exact) mass is 673 g/mol. The van der Waals surface area contributed by atoms with Gasteiger partial charge >= 0.3 is 0 Å². The van der Waals surface area contributed by atoms with Crippen LogP contribution in [0.3, 0.4) is 0 Å². The number of ether oxygens (including phenoxy) is 3. The number of methoxy groups -OCH3 is 3. The molecule has 0 aliphatic carbocycles. The first-order chi connectivity index (χ1) is 23.6. The lowest BCUT2D eigenvalue weighted by molar-refractivity contribution is -0.145. The van der Waals surface area contributed by atoms with Crippen molar-refractivity contribution in [3.63, 3.8) is 0 Å². The Morgan fingerprint density at radius 2 is 1.12 bits per heavy atom. The summed E-state index contributed by atoms with van der Waals surface area (Å²) < 4.78 is 15.5. The van der Waals surface area contributed by atoms with Crippen LogP contribution in [0.25, 0.3) is 18.2 Å². The quantitative estimate of drug-likeness (QED) is 0.0961. The molecule has 0 heterocycles. The second-order valence-electron chi connectivity index (χ2n) is 10.8. The van der Waals surface area contributed by atoms with Crippen LogP contribution < -0.4 is 25.3 Å². The van der Waals surface area contributed by atoms with Gasteiger partial charge in [0.25, 0.3) is 11.8 Å². The van der Waals surface area contributed by atoms with Crippen molar-refractivity contribution in [2.75, 3.05) is 41.0 Å². The number of unbranched alkanes of at least 4 members (excludes halogenated alkanes) is 1. The molecule has 3 aromatic rings. The van der Waals surface area contributed by atoms with Crippen molar-refractivity contribution in [2.24, 2.45) is 5.73 Å². The standard InChI is InChI=1S/C37H43N3O9/c1-47-33-22-25(7-13-30(33)42)6-12-29(41)28(18-21-39-20-5-4-19-38)40(36(45)16-10-26-8-14-31(43)34(23-26)48-2)37(46)17-11-27-9-15-32(44)35(24-27)49-3/h6-17,22-24,28,39,42-44H,4-5,18-21,38H2,1-3H3. The smallest absolute Gasteiger partial charge is 0.254 e. The van der Waals surface area contributed by atoms with Crippen LogP contribution in [0.15, 0.2) is 72.8 Å². The number of carbonyl (C=O) groups excluding carboxylic acids is 3. The van der Waals surface area contributed by atoms with Gasteiger partial charge in [-0.2, -0.15) is 0 Å². The first-order valence-corrected chi connectivity index (χ1v) is 15.6. The van der Waals surface area contributed by atoms with Crippen LogP contribution in [0.5, 0.6) is 34.5 Å². The van der Waals surface area contributed by atoms with Gasteiger partial charge in [0, 0.05) is 12.2 Å². The highest BCUT2D eigenvalue weighted by Gasteiger charge is 2.31. The molecule has 3 rings (SSSR count). The summed E-state index contributed by atoms with van der Waals surface area (Å²) in [5.74, 6) is -1.66. The van der Waals surface area contributed by atoms with Gasteiger partial charge in [-0.3, -0.25) is 19.3 Å². The summed E-state index contributed by atoms with van der Waals surface area (Å²) in [6.45, 7) is 1.50. The molecular weight excluding hydrogens is 630 g/mol. The lowest BCUT2D eigenvalue weighted by atomic mass is 10.0. The molecule has 1 atom stereocenters. The van der Waals surface area contributed by atoms with E-state index in [4.69, 9.17) is 19.9 Å².